The van der Waals surface area contributed by atoms with Crippen LogP contribution in [0.4, 0.5) is 0 Å². The SMILES string of the molecule is CC(=O)CC(C)(C)C1=C(C)C(=O)C(C2CCCC2)=C(C)C1=O. The van der Waals surface area contributed by atoms with Crippen LogP contribution in [0.25, 0.3) is 0 Å². The molecule has 0 spiro atoms. The summed E-state index contributed by atoms with van der Waals surface area (Å²) in [5.74, 6) is 0.263. The molecule has 0 bridgehead atoms. The highest BCUT2D eigenvalue weighted by Gasteiger charge is 2.40. The van der Waals surface area contributed by atoms with Crippen LogP contribution in [0.5, 0.6) is 0 Å². The molecule has 0 unspecified atom stereocenters. The Balaban J connectivity index is 2.46. The topological polar surface area (TPSA) is 51.2 Å². The highest BCUT2D eigenvalue weighted by Crippen LogP contribution is 2.43. The minimum Gasteiger partial charge on any atom is -0.300 e. The van der Waals surface area contributed by atoms with Gasteiger partial charge in [0.15, 0.2) is 11.6 Å². The third-order valence-corrected chi connectivity index (χ3v) is 5.06. The Bertz CT molecular complexity index is 596. The molecular weight excluding hydrogens is 276 g/mol. The van der Waals surface area contributed by atoms with E-state index in [1.165, 1.54) is 6.92 Å². The van der Waals surface area contributed by atoms with E-state index < -0.39 is 5.41 Å². The molecule has 2 rings (SSSR count). The second-order valence-corrected chi connectivity index (χ2v) is 7.44. The molecule has 2 aliphatic rings. The van der Waals surface area contributed by atoms with E-state index in [-0.39, 0.29) is 29.7 Å². The summed E-state index contributed by atoms with van der Waals surface area (Å²) in [6.07, 6.45) is 4.56. The first-order chi connectivity index (χ1) is 10.2. The van der Waals surface area contributed by atoms with Crippen LogP contribution >= 0.6 is 0 Å². The summed E-state index contributed by atoms with van der Waals surface area (Å²) in [6, 6.07) is 0. The predicted octanol–water partition coefficient (Wildman–Crippen LogP) is 3.97. The maximum Gasteiger partial charge on any atom is 0.186 e. The standard InChI is InChI=1S/C19H26O3/c1-11(20)10-19(4,5)16-13(3)17(21)15(12(2)18(16)22)14-8-6-7-9-14/h14H,6-10H2,1-5H3. The molecule has 3 nitrogen and oxygen atoms in total. The largest absolute Gasteiger partial charge is 0.300 e. The highest BCUT2D eigenvalue weighted by atomic mass is 16.1. The van der Waals surface area contributed by atoms with Crippen molar-refractivity contribution in [3.05, 3.63) is 22.3 Å². The van der Waals surface area contributed by atoms with Gasteiger partial charge in [0, 0.05) is 34.1 Å². The summed E-state index contributed by atoms with van der Waals surface area (Å²) in [6.45, 7) is 8.82. The van der Waals surface area contributed by atoms with E-state index >= 15 is 0 Å². The van der Waals surface area contributed by atoms with Crippen molar-refractivity contribution in [2.24, 2.45) is 11.3 Å². The number of ketones is 3. The second kappa shape index (κ2) is 5.94. The molecule has 0 saturated heterocycles. The fraction of sp³-hybridized carbons (Fsp3) is 0.632. The van der Waals surface area contributed by atoms with Gasteiger partial charge in [0.1, 0.15) is 5.78 Å². The zero-order valence-electron chi connectivity index (χ0n) is 14.3. The number of Topliss-reactive ketones (excluding diaryl/α,β-unsaturated/α-hetero) is 3. The molecule has 0 amide bonds. The zero-order valence-corrected chi connectivity index (χ0v) is 14.3. The minimum atomic E-state index is -0.592. The Kier molecular flexibility index (Phi) is 4.55. The fourth-order valence-corrected chi connectivity index (χ4v) is 4.20. The molecule has 3 heteroatoms. The van der Waals surface area contributed by atoms with Crippen LogP contribution in [0.15, 0.2) is 22.3 Å². The average molecular weight is 302 g/mol. The first kappa shape index (κ1) is 16.9. The molecule has 0 aromatic rings. The summed E-state index contributed by atoms with van der Waals surface area (Å²) in [7, 11) is 0. The van der Waals surface area contributed by atoms with Gasteiger partial charge in [-0.2, -0.15) is 0 Å². The Morgan fingerprint density at radius 1 is 1.05 bits per heavy atom. The van der Waals surface area contributed by atoms with Gasteiger partial charge in [-0.3, -0.25) is 14.4 Å². The Hall–Kier alpha value is -1.51. The summed E-state index contributed by atoms with van der Waals surface area (Å²) in [4.78, 5) is 37.3. The molecule has 0 aliphatic heterocycles. The van der Waals surface area contributed by atoms with Crippen molar-refractivity contribution in [1.29, 1.82) is 0 Å². The van der Waals surface area contributed by atoms with Crippen molar-refractivity contribution >= 4 is 17.3 Å². The van der Waals surface area contributed by atoms with Crippen molar-refractivity contribution < 1.29 is 14.4 Å². The maximum atomic E-state index is 12.9. The smallest absolute Gasteiger partial charge is 0.186 e. The molecule has 2 aliphatic carbocycles. The lowest BCUT2D eigenvalue weighted by Crippen LogP contribution is -2.33. The van der Waals surface area contributed by atoms with Crippen LogP contribution in [0, 0.1) is 11.3 Å². The zero-order chi connectivity index (χ0) is 16.7. The molecule has 0 N–H and O–H groups in total. The number of hydrogen-bond acceptors (Lipinski definition) is 3. The van der Waals surface area contributed by atoms with Gasteiger partial charge in [-0.05, 0) is 39.5 Å². The first-order valence-corrected chi connectivity index (χ1v) is 8.17. The van der Waals surface area contributed by atoms with Crippen LogP contribution in [0.1, 0.15) is 66.7 Å². The normalized spacial score (nSPS) is 21.1. The van der Waals surface area contributed by atoms with E-state index in [1.807, 2.05) is 13.8 Å². The summed E-state index contributed by atoms with van der Waals surface area (Å²) in [5.41, 5.74) is 1.83. The Morgan fingerprint density at radius 2 is 1.59 bits per heavy atom. The second-order valence-electron chi connectivity index (χ2n) is 7.44. The summed E-state index contributed by atoms with van der Waals surface area (Å²) in [5, 5.41) is 0. The van der Waals surface area contributed by atoms with E-state index in [9.17, 15) is 14.4 Å². The Morgan fingerprint density at radius 3 is 2.09 bits per heavy atom. The number of rotatable bonds is 4. The van der Waals surface area contributed by atoms with Gasteiger partial charge in [0.05, 0.1) is 0 Å². The molecule has 1 saturated carbocycles. The van der Waals surface area contributed by atoms with Gasteiger partial charge in [-0.1, -0.05) is 26.7 Å². The van der Waals surface area contributed by atoms with Crippen molar-refractivity contribution in [3.8, 4) is 0 Å². The van der Waals surface area contributed by atoms with Crippen LogP contribution in [0.3, 0.4) is 0 Å². The molecule has 0 radical (unpaired) electrons. The van der Waals surface area contributed by atoms with Crippen molar-refractivity contribution in [3.63, 3.8) is 0 Å². The van der Waals surface area contributed by atoms with Gasteiger partial charge < -0.3 is 0 Å². The number of allylic oxidation sites excluding steroid dienone is 4. The van der Waals surface area contributed by atoms with E-state index in [0.29, 0.717) is 16.7 Å². The van der Waals surface area contributed by atoms with Gasteiger partial charge in [-0.25, -0.2) is 0 Å². The highest BCUT2D eigenvalue weighted by molar-refractivity contribution is 6.25. The summed E-state index contributed by atoms with van der Waals surface area (Å²) < 4.78 is 0. The van der Waals surface area contributed by atoms with Crippen LogP contribution < -0.4 is 0 Å². The first-order valence-electron chi connectivity index (χ1n) is 8.17. The van der Waals surface area contributed by atoms with E-state index in [0.717, 1.165) is 31.3 Å². The molecular formula is C19H26O3. The molecule has 0 atom stereocenters. The van der Waals surface area contributed by atoms with Gasteiger partial charge >= 0.3 is 0 Å². The number of hydrogen-bond donors (Lipinski definition) is 0. The van der Waals surface area contributed by atoms with Crippen LogP contribution in [0.2, 0.25) is 0 Å². The summed E-state index contributed by atoms with van der Waals surface area (Å²) >= 11 is 0. The molecule has 1 fully saturated rings. The van der Waals surface area contributed by atoms with Crippen molar-refractivity contribution in [2.45, 2.75) is 66.7 Å². The van der Waals surface area contributed by atoms with Crippen molar-refractivity contribution in [1.82, 2.24) is 0 Å². The van der Waals surface area contributed by atoms with Gasteiger partial charge in [0.25, 0.3) is 0 Å². The average Bonchev–Trinajstić information content (AvgIpc) is 2.89. The number of carbonyl (C=O) groups excluding carboxylic acids is 3. The lowest BCUT2D eigenvalue weighted by atomic mass is 9.69. The minimum absolute atomic E-state index is 0.0237. The number of carbonyl (C=O) groups is 3. The molecule has 0 heterocycles. The van der Waals surface area contributed by atoms with Crippen LogP contribution in [-0.2, 0) is 14.4 Å². The lowest BCUT2D eigenvalue weighted by Gasteiger charge is -2.32. The third kappa shape index (κ3) is 2.86. The fourth-order valence-electron chi connectivity index (χ4n) is 4.20. The van der Waals surface area contributed by atoms with Gasteiger partial charge in [0.2, 0.25) is 0 Å². The van der Waals surface area contributed by atoms with Crippen molar-refractivity contribution in [2.75, 3.05) is 0 Å². The van der Waals surface area contributed by atoms with E-state index in [1.54, 1.807) is 13.8 Å². The monoisotopic (exact) mass is 302 g/mol. The quantitative estimate of drug-likeness (QED) is 0.738. The van der Waals surface area contributed by atoms with Crippen LogP contribution in [-0.4, -0.2) is 17.3 Å². The Labute approximate surface area is 132 Å². The third-order valence-electron chi connectivity index (χ3n) is 5.06. The molecule has 120 valence electrons. The van der Waals surface area contributed by atoms with Gasteiger partial charge in [-0.15, -0.1) is 0 Å². The lowest BCUT2D eigenvalue weighted by molar-refractivity contribution is -0.120. The maximum absolute atomic E-state index is 12.9. The van der Waals surface area contributed by atoms with E-state index in [2.05, 4.69) is 0 Å². The molecule has 0 aromatic carbocycles. The van der Waals surface area contributed by atoms with E-state index in [4.69, 9.17) is 0 Å². The molecule has 0 aromatic heterocycles. The molecule has 22 heavy (non-hydrogen) atoms. The predicted molar refractivity (Wildman–Crippen MR) is 86.5 cm³/mol.